The lowest BCUT2D eigenvalue weighted by Gasteiger charge is -2.31. The molecule has 0 saturated heterocycles. The third kappa shape index (κ3) is 2.35. The first-order valence-corrected chi connectivity index (χ1v) is 6.88. The molecule has 5 heteroatoms. The molecule has 1 aliphatic carbocycles. The second kappa shape index (κ2) is 5.00. The maximum Gasteiger partial charge on any atom is 0.318 e. The van der Waals surface area contributed by atoms with Crippen molar-refractivity contribution < 1.29 is 4.79 Å². The molecule has 1 aromatic rings. The molecular formula is C13H20N4O. The SMILES string of the molecule is O=C(NC1CCCCC1)N1CCn2ccnc2C1. The summed E-state index contributed by atoms with van der Waals surface area (Å²) < 4.78 is 2.12. The van der Waals surface area contributed by atoms with Crippen LogP contribution in [0.15, 0.2) is 12.4 Å². The summed E-state index contributed by atoms with van der Waals surface area (Å²) in [6.45, 7) is 2.26. The third-order valence-corrected chi connectivity index (χ3v) is 3.96. The number of amides is 2. The van der Waals surface area contributed by atoms with Crippen molar-refractivity contribution in [2.45, 2.75) is 51.2 Å². The van der Waals surface area contributed by atoms with Crippen LogP contribution in [0.3, 0.4) is 0 Å². The van der Waals surface area contributed by atoms with Gasteiger partial charge in [-0.2, -0.15) is 0 Å². The fraction of sp³-hybridized carbons (Fsp3) is 0.692. The molecule has 18 heavy (non-hydrogen) atoms. The van der Waals surface area contributed by atoms with Gasteiger partial charge in [0.25, 0.3) is 0 Å². The number of nitrogens with one attached hydrogen (secondary N) is 1. The molecule has 3 rings (SSSR count). The van der Waals surface area contributed by atoms with Crippen LogP contribution < -0.4 is 5.32 Å². The van der Waals surface area contributed by atoms with E-state index in [9.17, 15) is 4.79 Å². The molecule has 0 aromatic carbocycles. The molecule has 1 fully saturated rings. The summed E-state index contributed by atoms with van der Waals surface area (Å²) in [5.41, 5.74) is 0. The zero-order valence-corrected chi connectivity index (χ0v) is 10.6. The van der Waals surface area contributed by atoms with Crippen molar-refractivity contribution in [3.8, 4) is 0 Å². The molecule has 0 radical (unpaired) electrons. The lowest BCUT2D eigenvalue weighted by atomic mass is 9.96. The van der Waals surface area contributed by atoms with Crippen molar-refractivity contribution in [1.29, 1.82) is 0 Å². The maximum absolute atomic E-state index is 12.2. The Balaban J connectivity index is 1.57. The predicted molar refractivity (Wildman–Crippen MR) is 68.0 cm³/mol. The van der Waals surface area contributed by atoms with Crippen molar-refractivity contribution in [2.24, 2.45) is 0 Å². The molecule has 0 spiro atoms. The molecule has 1 aliphatic heterocycles. The fourth-order valence-electron chi connectivity index (χ4n) is 2.86. The Morgan fingerprint density at radius 2 is 2.11 bits per heavy atom. The molecule has 0 atom stereocenters. The number of hydrogen-bond donors (Lipinski definition) is 1. The molecule has 2 aliphatic rings. The molecule has 0 bridgehead atoms. The number of fused-ring (bicyclic) bond motifs is 1. The predicted octanol–water partition coefficient (Wildman–Crippen LogP) is 1.74. The second-order valence-electron chi connectivity index (χ2n) is 5.24. The van der Waals surface area contributed by atoms with Crippen molar-refractivity contribution in [2.75, 3.05) is 6.54 Å². The summed E-state index contributed by atoms with van der Waals surface area (Å²) in [6.07, 6.45) is 9.85. The Hall–Kier alpha value is -1.52. The molecule has 1 N–H and O–H groups in total. The van der Waals surface area contributed by atoms with Gasteiger partial charge in [-0.1, -0.05) is 19.3 Å². The zero-order chi connectivity index (χ0) is 12.4. The first-order chi connectivity index (χ1) is 8.83. The molecule has 5 nitrogen and oxygen atoms in total. The van der Waals surface area contributed by atoms with Crippen LogP contribution in [0.25, 0.3) is 0 Å². The van der Waals surface area contributed by atoms with Crippen LogP contribution in [-0.2, 0) is 13.1 Å². The van der Waals surface area contributed by atoms with Gasteiger partial charge in [0.05, 0.1) is 6.54 Å². The smallest absolute Gasteiger partial charge is 0.318 e. The molecule has 2 amide bonds. The number of urea groups is 1. The van der Waals surface area contributed by atoms with Crippen LogP contribution in [0.5, 0.6) is 0 Å². The Bertz CT molecular complexity index is 422. The van der Waals surface area contributed by atoms with E-state index in [1.807, 2.05) is 11.1 Å². The molecule has 1 saturated carbocycles. The Morgan fingerprint density at radius 3 is 2.94 bits per heavy atom. The van der Waals surface area contributed by atoms with Crippen molar-refractivity contribution in [3.05, 3.63) is 18.2 Å². The second-order valence-corrected chi connectivity index (χ2v) is 5.24. The largest absolute Gasteiger partial charge is 0.335 e. The number of rotatable bonds is 1. The van der Waals surface area contributed by atoms with E-state index in [2.05, 4.69) is 14.9 Å². The Labute approximate surface area is 107 Å². The van der Waals surface area contributed by atoms with Gasteiger partial charge in [-0.25, -0.2) is 9.78 Å². The number of carbonyl (C=O) groups excluding carboxylic acids is 1. The minimum atomic E-state index is 0.0798. The van der Waals surface area contributed by atoms with Gasteiger partial charge in [-0.15, -0.1) is 0 Å². The lowest BCUT2D eigenvalue weighted by Crippen LogP contribution is -2.48. The summed E-state index contributed by atoms with van der Waals surface area (Å²) in [4.78, 5) is 18.3. The van der Waals surface area contributed by atoms with Crippen LogP contribution >= 0.6 is 0 Å². The third-order valence-electron chi connectivity index (χ3n) is 3.96. The summed E-state index contributed by atoms with van der Waals surface area (Å²) in [5, 5.41) is 3.16. The van der Waals surface area contributed by atoms with E-state index in [0.717, 1.165) is 31.8 Å². The van der Waals surface area contributed by atoms with Gasteiger partial charge in [-0.3, -0.25) is 0 Å². The summed E-state index contributed by atoms with van der Waals surface area (Å²) >= 11 is 0. The highest BCUT2D eigenvalue weighted by atomic mass is 16.2. The highest BCUT2D eigenvalue weighted by Crippen LogP contribution is 2.18. The van der Waals surface area contributed by atoms with Gasteiger partial charge in [0.2, 0.25) is 0 Å². The van der Waals surface area contributed by atoms with Crippen LogP contribution in [0.2, 0.25) is 0 Å². The van der Waals surface area contributed by atoms with E-state index in [-0.39, 0.29) is 6.03 Å². The van der Waals surface area contributed by atoms with Crippen molar-refractivity contribution >= 4 is 6.03 Å². The van der Waals surface area contributed by atoms with Crippen molar-refractivity contribution in [1.82, 2.24) is 19.8 Å². The monoisotopic (exact) mass is 248 g/mol. The van der Waals surface area contributed by atoms with Gasteiger partial charge in [0.15, 0.2) is 0 Å². The van der Waals surface area contributed by atoms with Gasteiger partial charge >= 0.3 is 6.03 Å². The van der Waals surface area contributed by atoms with E-state index in [1.165, 1.54) is 19.3 Å². The van der Waals surface area contributed by atoms with Gasteiger partial charge in [0, 0.05) is 31.5 Å². The van der Waals surface area contributed by atoms with E-state index >= 15 is 0 Å². The first-order valence-electron chi connectivity index (χ1n) is 6.88. The fourth-order valence-corrected chi connectivity index (χ4v) is 2.86. The average molecular weight is 248 g/mol. The number of nitrogens with zero attached hydrogens (tertiary/aromatic N) is 3. The van der Waals surface area contributed by atoms with E-state index in [4.69, 9.17) is 0 Å². The van der Waals surface area contributed by atoms with Gasteiger partial charge in [0.1, 0.15) is 5.82 Å². The highest BCUT2D eigenvalue weighted by Gasteiger charge is 2.23. The normalized spacial score (nSPS) is 20.6. The summed E-state index contributed by atoms with van der Waals surface area (Å²) in [7, 11) is 0. The average Bonchev–Trinajstić information content (AvgIpc) is 2.87. The summed E-state index contributed by atoms with van der Waals surface area (Å²) in [6, 6.07) is 0.462. The minimum Gasteiger partial charge on any atom is -0.335 e. The quantitative estimate of drug-likeness (QED) is 0.823. The maximum atomic E-state index is 12.2. The van der Waals surface area contributed by atoms with Crippen LogP contribution in [0.1, 0.15) is 37.9 Å². The van der Waals surface area contributed by atoms with E-state index in [0.29, 0.717) is 12.6 Å². The zero-order valence-electron chi connectivity index (χ0n) is 10.6. The van der Waals surface area contributed by atoms with Crippen LogP contribution in [-0.4, -0.2) is 33.1 Å². The number of aromatic nitrogens is 2. The minimum absolute atomic E-state index is 0.0798. The number of imidazole rings is 1. The molecule has 0 unspecified atom stereocenters. The van der Waals surface area contributed by atoms with Crippen LogP contribution in [0, 0.1) is 0 Å². The lowest BCUT2D eigenvalue weighted by molar-refractivity contribution is 0.175. The van der Waals surface area contributed by atoms with E-state index < -0.39 is 0 Å². The van der Waals surface area contributed by atoms with Crippen molar-refractivity contribution in [3.63, 3.8) is 0 Å². The first kappa shape index (κ1) is 11.6. The number of hydrogen-bond acceptors (Lipinski definition) is 2. The molecule has 2 heterocycles. The summed E-state index contributed by atoms with van der Waals surface area (Å²) in [5.74, 6) is 0.986. The Kier molecular flexibility index (Phi) is 3.21. The van der Waals surface area contributed by atoms with Gasteiger partial charge < -0.3 is 14.8 Å². The molecule has 1 aromatic heterocycles. The van der Waals surface area contributed by atoms with Gasteiger partial charge in [-0.05, 0) is 12.8 Å². The molecular weight excluding hydrogens is 228 g/mol. The standard InChI is InChI=1S/C13H20N4O/c18-13(15-11-4-2-1-3-5-11)17-9-8-16-7-6-14-12(16)10-17/h6-7,11H,1-5,8-10H2,(H,15,18). The molecule has 98 valence electrons. The highest BCUT2D eigenvalue weighted by molar-refractivity contribution is 5.74. The Morgan fingerprint density at radius 1 is 1.28 bits per heavy atom. The van der Waals surface area contributed by atoms with E-state index in [1.54, 1.807) is 6.20 Å². The van der Waals surface area contributed by atoms with Crippen LogP contribution in [0.4, 0.5) is 4.79 Å². The topological polar surface area (TPSA) is 50.2 Å². The number of carbonyl (C=O) groups is 1.